The predicted octanol–water partition coefficient (Wildman–Crippen LogP) is 2.60. The van der Waals surface area contributed by atoms with E-state index in [0.29, 0.717) is 17.9 Å². The molecule has 0 unspecified atom stereocenters. The van der Waals surface area contributed by atoms with Crippen molar-refractivity contribution in [2.24, 2.45) is 11.8 Å². The first-order valence-electron chi connectivity index (χ1n) is 7.54. The van der Waals surface area contributed by atoms with Crippen LogP contribution in [0.4, 0.5) is 0 Å². The van der Waals surface area contributed by atoms with Gasteiger partial charge in [-0.1, -0.05) is 19.3 Å². The molecule has 3 atom stereocenters. The molecule has 1 heterocycles. The van der Waals surface area contributed by atoms with Gasteiger partial charge in [-0.05, 0) is 32.1 Å². The maximum atomic E-state index is 12.2. The van der Waals surface area contributed by atoms with Gasteiger partial charge in [-0.15, -0.1) is 0 Å². The van der Waals surface area contributed by atoms with Gasteiger partial charge in [0.25, 0.3) is 0 Å². The molecule has 0 aromatic carbocycles. The van der Waals surface area contributed by atoms with Gasteiger partial charge in [-0.2, -0.15) is 0 Å². The summed E-state index contributed by atoms with van der Waals surface area (Å²) >= 11 is 0. The molecule has 0 saturated heterocycles. The summed E-state index contributed by atoms with van der Waals surface area (Å²) < 4.78 is 0. The highest BCUT2D eigenvalue weighted by molar-refractivity contribution is 5.83. The molecule has 0 aliphatic heterocycles. The van der Waals surface area contributed by atoms with Crippen LogP contribution in [0.5, 0.6) is 0 Å². The Labute approximate surface area is 114 Å². The Morgan fingerprint density at radius 3 is 2.89 bits per heavy atom. The Morgan fingerprint density at radius 1 is 1.42 bits per heavy atom. The maximum Gasteiger partial charge on any atom is 0.224 e. The normalized spacial score (nSPS) is 28.9. The van der Waals surface area contributed by atoms with E-state index in [1.54, 1.807) is 6.33 Å². The van der Waals surface area contributed by atoms with Gasteiger partial charge in [0.05, 0.1) is 6.33 Å². The van der Waals surface area contributed by atoms with Crippen LogP contribution in [-0.4, -0.2) is 21.9 Å². The molecule has 0 radical (unpaired) electrons. The Hall–Kier alpha value is -1.32. The molecule has 4 nitrogen and oxygen atoms in total. The lowest BCUT2D eigenvalue weighted by molar-refractivity contribution is -0.123. The minimum absolute atomic E-state index is 0.159. The number of nitrogens with one attached hydrogen (secondary N) is 2. The van der Waals surface area contributed by atoms with Gasteiger partial charge in [0.15, 0.2) is 0 Å². The summed E-state index contributed by atoms with van der Waals surface area (Å²) in [5, 5.41) is 3.23. The SMILES string of the molecule is C[C@H](NC(=O)[C@@H]1C[C@@H]1c1cnc[nH]1)C1CCCCC1. The minimum Gasteiger partial charge on any atom is -0.353 e. The molecule has 4 heteroatoms. The number of carbonyl (C=O) groups is 1. The molecule has 104 valence electrons. The van der Waals surface area contributed by atoms with Crippen molar-refractivity contribution in [1.29, 1.82) is 0 Å². The maximum absolute atomic E-state index is 12.2. The van der Waals surface area contributed by atoms with Crippen LogP contribution in [0.25, 0.3) is 0 Å². The van der Waals surface area contributed by atoms with Gasteiger partial charge in [0.1, 0.15) is 0 Å². The largest absolute Gasteiger partial charge is 0.353 e. The molecule has 3 rings (SSSR count). The van der Waals surface area contributed by atoms with Crippen LogP contribution < -0.4 is 5.32 Å². The second kappa shape index (κ2) is 5.35. The number of aromatic amines is 1. The standard InChI is InChI=1S/C15H23N3O/c1-10(11-5-3-2-4-6-11)18-15(19)13-7-12(13)14-8-16-9-17-14/h8-13H,2-7H2,1H3,(H,16,17)(H,18,19)/t10-,12-,13+/m0/s1. The average Bonchev–Trinajstić information content (AvgIpc) is 3.06. The van der Waals surface area contributed by atoms with Gasteiger partial charge in [0, 0.05) is 29.8 Å². The third-order valence-electron chi connectivity index (χ3n) is 4.77. The number of rotatable bonds is 4. The number of hydrogen-bond acceptors (Lipinski definition) is 2. The molecule has 2 N–H and O–H groups in total. The molecule has 2 aliphatic rings. The van der Waals surface area contributed by atoms with Crippen molar-refractivity contribution < 1.29 is 4.79 Å². The van der Waals surface area contributed by atoms with Crippen LogP contribution in [0.1, 0.15) is 57.1 Å². The van der Waals surface area contributed by atoms with Crippen LogP contribution >= 0.6 is 0 Å². The van der Waals surface area contributed by atoms with Gasteiger partial charge in [0.2, 0.25) is 5.91 Å². The van der Waals surface area contributed by atoms with E-state index < -0.39 is 0 Å². The molecule has 1 aromatic heterocycles. The number of hydrogen-bond donors (Lipinski definition) is 2. The van der Waals surface area contributed by atoms with E-state index in [0.717, 1.165) is 12.1 Å². The quantitative estimate of drug-likeness (QED) is 0.875. The van der Waals surface area contributed by atoms with Gasteiger partial charge in [-0.25, -0.2) is 4.98 Å². The molecule has 1 aromatic rings. The van der Waals surface area contributed by atoms with Gasteiger partial charge >= 0.3 is 0 Å². The van der Waals surface area contributed by atoms with Crippen molar-refractivity contribution in [3.63, 3.8) is 0 Å². The third-order valence-corrected chi connectivity index (χ3v) is 4.77. The van der Waals surface area contributed by atoms with Crippen molar-refractivity contribution in [2.45, 2.75) is 57.4 Å². The van der Waals surface area contributed by atoms with E-state index in [-0.39, 0.29) is 11.8 Å². The zero-order chi connectivity index (χ0) is 13.2. The summed E-state index contributed by atoms with van der Waals surface area (Å²) in [6.45, 7) is 2.17. The second-order valence-electron chi connectivity index (χ2n) is 6.15. The number of imidazole rings is 1. The Kier molecular flexibility index (Phi) is 3.58. The molecular formula is C15H23N3O. The molecule has 2 fully saturated rings. The molecule has 19 heavy (non-hydrogen) atoms. The Morgan fingerprint density at radius 2 is 2.21 bits per heavy atom. The average molecular weight is 261 g/mol. The number of nitrogens with zero attached hydrogens (tertiary/aromatic N) is 1. The summed E-state index contributed by atoms with van der Waals surface area (Å²) in [6, 6.07) is 0.329. The first kappa shape index (κ1) is 12.7. The van der Waals surface area contributed by atoms with Gasteiger partial charge < -0.3 is 10.3 Å². The molecular weight excluding hydrogens is 238 g/mol. The van der Waals surface area contributed by atoms with Crippen molar-refractivity contribution in [2.75, 3.05) is 0 Å². The summed E-state index contributed by atoms with van der Waals surface area (Å²) in [7, 11) is 0. The fourth-order valence-electron chi connectivity index (χ4n) is 3.38. The second-order valence-corrected chi connectivity index (χ2v) is 6.15. The fourth-order valence-corrected chi connectivity index (χ4v) is 3.38. The number of carbonyl (C=O) groups excluding carboxylic acids is 1. The molecule has 2 aliphatic carbocycles. The first-order chi connectivity index (χ1) is 9.25. The highest BCUT2D eigenvalue weighted by Crippen LogP contribution is 2.46. The third kappa shape index (κ3) is 2.82. The first-order valence-corrected chi connectivity index (χ1v) is 7.54. The summed E-state index contributed by atoms with van der Waals surface area (Å²) in [5.41, 5.74) is 1.10. The van der Waals surface area contributed by atoms with Crippen LogP contribution in [0.2, 0.25) is 0 Å². The van der Waals surface area contributed by atoms with Crippen LogP contribution in [0, 0.1) is 11.8 Å². The zero-order valence-corrected chi connectivity index (χ0v) is 11.6. The minimum atomic E-state index is 0.159. The van der Waals surface area contributed by atoms with Gasteiger partial charge in [-0.3, -0.25) is 4.79 Å². The Balaban J connectivity index is 1.49. The monoisotopic (exact) mass is 261 g/mol. The van der Waals surface area contributed by atoms with Crippen LogP contribution in [-0.2, 0) is 4.79 Å². The number of amides is 1. The zero-order valence-electron chi connectivity index (χ0n) is 11.6. The van der Waals surface area contributed by atoms with Crippen molar-refractivity contribution in [1.82, 2.24) is 15.3 Å². The molecule has 0 bridgehead atoms. The summed E-state index contributed by atoms with van der Waals surface area (Å²) in [6.07, 6.45) is 11.0. The molecule has 2 saturated carbocycles. The highest BCUT2D eigenvalue weighted by Gasteiger charge is 2.45. The van der Waals surface area contributed by atoms with E-state index in [2.05, 4.69) is 22.2 Å². The number of aromatic nitrogens is 2. The Bertz CT molecular complexity index is 423. The van der Waals surface area contributed by atoms with E-state index in [1.807, 2.05) is 6.20 Å². The van der Waals surface area contributed by atoms with E-state index in [1.165, 1.54) is 32.1 Å². The van der Waals surface area contributed by atoms with Crippen molar-refractivity contribution in [3.05, 3.63) is 18.2 Å². The molecule has 0 spiro atoms. The highest BCUT2D eigenvalue weighted by atomic mass is 16.2. The smallest absolute Gasteiger partial charge is 0.224 e. The summed E-state index contributed by atoms with van der Waals surface area (Å²) in [4.78, 5) is 19.4. The fraction of sp³-hybridized carbons (Fsp3) is 0.733. The summed E-state index contributed by atoms with van der Waals surface area (Å²) in [5.74, 6) is 1.44. The van der Waals surface area contributed by atoms with E-state index in [9.17, 15) is 4.79 Å². The molecule has 1 amide bonds. The van der Waals surface area contributed by atoms with Crippen LogP contribution in [0.15, 0.2) is 12.5 Å². The lowest BCUT2D eigenvalue weighted by atomic mass is 9.84. The number of H-pyrrole nitrogens is 1. The predicted molar refractivity (Wildman–Crippen MR) is 73.6 cm³/mol. The van der Waals surface area contributed by atoms with E-state index in [4.69, 9.17) is 0 Å². The topological polar surface area (TPSA) is 57.8 Å². The van der Waals surface area contributed by atoms with Crippen molar-refractivity contribution in [3.8, 4) is 0 Å². The lowest BCUT2D eigenvalue weighted by Gasteiger charge is -2.28. The van der Waals surface area contributed by atoms with E-state index >= 15 is 0 Å². The van der Waals surface area contributed by atoms with Crippen molar-refractivity contribution >= 4 is 5.91 Å². The lowest BCUT2D eigenvalue weighted by Crippen LogP contribution is -2.39. The van der Waals surface area contributed by atoms with Crippen LogP contribution in [0.3, 0.4) is 0 Å².